The Labute approximate surface area is 117 Å². The Morgan fingerprint density at radius 1 is 1.25 bits per heavy atom. The van der Waals surface area contributed by atoms with Crippen molar-refractivity contribution < 1.29 is 5.11 Å². The summed E-state index contributed by atoms with van der Waals surface area (Å²) in [7, 11) is 3.86. The molecule has 5 heteroatoms. The summed E-state index contributed by atoms with van der Waals surface area (Å²) in [5.74, 6) is 0.877. The van der Waals surface area contributed by atoms with Gasteiger partial charge in [-0.25, -0.2) is 4.98 Å². The quantitative estimate of drug-likeness (QED) is 0.790. The average molecular weight is 270 g/mol. The summed E-state index contributed by atoms with van der Waals surface area (Å²) in [6.07, 6.45) is 1.62. The number of rotatable bonds is 3. The minimum atomic E-state index is -0.584. The van der Waals surface area contributed by atoms with E-state index in [1.54, 1.807) is 10.9 Å². The van der Waals surface area contributed by atoms with Crippen molar-refractivity contribution in [1.82, 2.24) is 19.3 Å². The molecule has 0 radical (unpaired) electrons. The number of imidazole rings is 1. The van der Waals surface area contributed by atoms with E-state index in [1.165, 1.54) is 0 Å². The van der Waals surface area contributed by atoms with Crippen LogP contribution in [0.25, 0.3) is 11.0 Å². The van der Waals surface area contributed by atoms with Crippen molar-refractivity contribution in [2.24, 2.45) is 14.1 Å². The number of aliphatic hydroxyl groups excluding tert-OH is 1. The van der Waals surface area contributed by atoms with Crippen molar-refractivity contribution >= 4 is 11.0 Å². The molecule has 0 spiro atoms. The van der Waals surface area contributed by atoms with E-state index in [9.17, 15) is 5.11 Å². The van der Waals surface area contributed by atoms with Crippen LogP contribution in [0, 0.1) is 6.92 Å². The van der Waals surface area contributed by atoms with Crippen molar-refractivity contribution in [2.45, 2.75) is 19.4 Å². The van der Waals surface area contributed by atoms with Gasteiger partial charge in [0.15, 0.2) is 0 Å². The first kappa shape index (κ1) is 12.9. The van der Waals surface area contributed by atoms with E-state index in [4.69, 9.17) is 0 Å². The SMILES string of the molecule is Cc1c(C(O)Cc2nc3ccccc3n2C)cnn1C. The number of aliphatic hydroxyl groups is 1. The van der Waals surface area contributed by atoms with Gasteiger partial charge >= 0.3 is 0 Å². The highest BCUT2D eigenvalue weighted by Crippen LogP contribution is 2.22. The second-order valence-electron chi connectivity index (χ2n) is 5.10. The summed E-state index contributed by atoms with van der Waals surface area (Å²) >= 11 is 0. The van der Waals surface area contributed by atoms with Crippen molar-refractivity contribution in [3.63, 3.8) is 0 Å². The topological polar surface area (TPSA) is 55.9 Å². The summed E-state index contributed by atoms with van der Waals surface area (Å²) < 4.78 is 3.80. The molecule has 0 aliphatic heterocycles. The predicted octanol–water partition coefficient (Wildman–Crippen LogP) is 1.89. The van der Waals surface area contributed by atoms with Gasteiger partial charge in [-0.2, -0.15) is 5.10 Å². The number of benzene rings is 1. The fourth-order valence-corrected chi connectivity index (χ4v) is 2.50. The molecule has 2 aromatic heterocycles. The molecule has 104 valence electrons. The molecule has 0 saturated heterocycles. The van der Waals surface area contributed by atoms with Crippen LogP contribution in [0.2, 0.25) is 0 Å². The van der Waals surface area contributed by atoms with Crippen LogP contribution in [0.15, 0.2) is 30.5 Å². The van der Waals surface area contributed by atoms with Gasteiger partial charge in [0.05, 0.1) is 23.3 Å². The zero-order valence-electron chi connectivity index (χ0n) is 11.9. The first-order chi connectivity index (χ1) is 9.58. The molecule has 2 heterocycles. The number of hydrogen-bond donors (Lipinski definition) is 1. The van der Waals surface area contributed by atoms with Gasteiger partial charge in [-0.1, -0.05) is 12.1 Å². The summed E-state index contributed by atoms with van der Waals surface area (Å²) in [5.41, 5.74) is 3.88. The van der Waals surface area contributed by atoms with Crippen molar-refractivity contribution in [3.8, 4) is 0 Å². The first-order valence-electron chi connectivity index (χ1n) is 6.65. The van der Waals surface area contributed by atoms with E-state index in [-0.39, 0.29) is 0 Å². The Morgan fingerprint density at radius 2 is 2.00 bits per heavy atom. The lowest BCUT2D eigenvalue weighted by molar-refractivity contribution is 0.174. The smallest absolute Gasteiger partial charge is 0.112 e. The number of nitrogens with zero attached hydrogens (tertiary/aromatic N) is 4. The van der Waals surface area contributed by atoms with E-state index < -0.39 is 6.10 Å². The summed E-state index contributed by atoms with van der Waals surface area (Å²) in [4.78, 5) is 4.59. The number of fused-ring (bicyclic) bond motifs is 1. The molecule has 1 unspecified atom stereocenters. The van der Waals surface area contributed by atoms with E-state index in [1.807, 2.05) is 49.9 Å². The first-order valence-corrected chi connectivity index (χ1v) is 6.65. The molecule has 0 bridgehead atoms. The molecule has 20 heavy (non-hydrogen) atoms. The lowest BCUT2D eigenvalue weighted by atomic mass is 10.1. The monoisotopic (exact) mass is 270 g/mol. The standard InChI is InChI=1S/C15H18N4O/c1-10-11(9-16-19(10)3)14(20)8-15-17-12-6-4-5-7-13(12)18(15)2/h4-7,9,14,20H,8H2,1-3H3. The van der Waals surface area contributed by atoms with Gasteiger partial charge in [-0.15, -0.1) is 0 Å². The number of para-hydroxylation sites is 2. The third-order valence-electron chi connectivity index (χ3n) is 3.89. The maximum absolute atomic E-state index is 10.4. The average Bonchev–Trinajstić information content (AvgIpc) is 2.93. The molecule has 0 fully saturated rings. The second kappa shape index (κ2) is 4.76. The highest BCUT2D eigenvalue weighted by Gasteiger charge is 2.17. The molecule has 0 saturated carbocycles. The Bertz CT molecular complexity index is 756. The Morgan fingerprint density at radius 3 is 2.65 bits per heavy atom. The van der Waals surface area contributed by atoms with E-state index in [0.717, 1.165) is 28.1 Å². The fourth-order valence-electron chi connectivity index (χ4n) is 2.50. The van der Waals surface area contributed by atoms with E-state index in [2.05, 4.69) is 10.1 Å². The third-order valence-corrected chi connectivity index (χ3v) is 3.89. The summed E-state index contributed by atoms with van der Waals surface area (Å²) in [6, 6.07) is 7.99. The van der Waals surface area contributed by atoms with E-state index in [0.29, 0.717) is 6.42 Å². The summed E-state index contributed by atoms with van der Waals surface area (Å²) in [5, 5.41) is 14.6. The zero-order chi connectivity index (χ0) is 14.3. The molecular weight excluding hydrogens is 252 g/mol. The van der Waals surface area contributed by atoms with Crippen molar-refractivity contribution in [3.05, 3.63) is 47.5 Å². The largest absolute Gasteiger partial charge is 0.388 e. The van der Waals surface area contributed by atoms with Crippen LogP contribution >= 0.6 is 0 Å². The number of hydrogen-bond acceptors (Lipinski definition) is 3. The van der Waals surface area contributed by atoms with Crippen LogP contribution in [0.3, 0.4) is 0 Å². The predicted molar refractivity (Wildman–Crippen MR) is 77.3 cm³/mol. The molecular formula is C15H18N4O. The van der Waals surface area contributed by atoms with Crippen LogP contribution in [0.5, 0.6) is 0 Å². The molecule has 1 atom stereocenters. The molecule has 0 aliphatic carbocycles. The third kappa shape index (κ3) is 2.00. The fraction of sp³-hybridized carbons (Fsp3) is 0.333. The van der Waals surface area contributed by atoms with Gasteiger partial charge in [0.1, 0.15) is 5.82 Å². The van der Waals surface area contributed by atoms with Gasteiger partial charge < -0.3 is 9.67 Å². The van der Waals surface area contributed by atoms with Crippen molar-refractivity contribution in [2.75, 3.05) is 0 Å². The van der Waals surface area contributed by atoms with Crippen LogP contribution in [0.1, 0.15) is 23.2 Å². The maximum Gasteiger partial charge on any atom is 0.112 e. The van der Waals surface area contributed by atoms with Crippen LogP contribution < -0.4 is 0 Å². The van der Waals surface area contributed by atoms with Gasteiger partial charge in [-0.05, 0) is 19.1 Å². The van der Waals surface area contributed by atoms with Gasteiger partial charge in [0.25, 0.3) is 0 Å². The lowest BCUT2D eigenvalue weighted by Crippen LogP contribution is -2.08. The summed E-state index contributed by atoms with van der Waals surface area (Å²) in [6.45, 7) is 1.96. The maximum atomic E-state index is 10.4. The van der Waals surface area contributed by atoms with Crippen LogP contribution in [0.4, 0.5) is 0 Å². The van der Waals surface area contributed by atoms with Crippen LogP contribution in [-0.4, -0.2) is 24.4 Å². The van der Waals surface area contributed by atoms with Gasteiger partial charge in [-0.3, -0.25) is 4.68 Å². The molecule has 1 aromatic carbocycles. The molecule has 1 N–H and O–H groups in total. The molecule has 0 amide bonds. The molecule has 3 rings (SSSR count). The zero-order valence-corrected chi connectivity index (χ0v) is 11.9. The molecule has 3 aromatic rings. The van der Waals surface area contributed by atoms with E-state index >= 15 is 0 Å². The molecule has 0 aliphatic rings. The number of aryl methyl sites for hydroxylation is 2. The van der Waals surface area contributed by atoms with Crippen molar-refractivity contribution in [1.29, 1.82) is 0 Å². The highest BCUT2D eigenvalue weighted by atomic mass is 16.3. The second-order valence-corrected chi connectivity index (χ2v) is 5.10. The van der Waals surface area contributed by atoms with Crippen LogP contribution in [-0.2, 0) is 20.5 Å². The Balaban J connectivity index is 1.93. The van der Waals surface area contributed by atoms with Gasteiger partial charge in [0.2, 0.25) is 0 Å². The number of aromatic nitrogens is 4. The lowest BCUT2D eigenvalue weighted by Gasteiger charge is -2.10. The Kier molecular flexibility index (Phi) is 3.06. The minimum Gasteiger partial charge on any atom is -0.388 e. The normalized spacial score (nSPS) is 13.0. The minimum absolute atomic E-state index is 0.484. The highest BCUT2D eigenvalue weighted by molar-refractivity contribution is 5.75. The van der Waals surface area contributed by atoms with Gasteiger partial charge in [0, 0.05) is 31.8 Å². The Hall–Kier alpha value is -2.14. The molecule has 5 nitrogen and oxygen atoms in total.